The largest absolute Gasteiger partial charge is 0.505 e. The standard InChI is InChI=1S/C15H16N2O4/c1-4-21-15(20)17(3)13-9(2)11(8-18)14(19)12-10(13)6-5-7-16-12/h5-8,19H,4H2,1-3H3. The Morgan fingerprint density at radius 3 is 2.86 bits per heavy atom. The van der Waals surface area contributed by atoms with E-state index in [9.17, 15) is 14.7 Å². The molecule has 1 aromatic carbocycles. The number of carbonyl (C=O) groups excluding carboxylic acids is 2. The van der Waals surface area contributed by atoms with E-state index < -0.39 is 6.09 Å². The van der Waals surface area contributed by atoms with Gasteiger partial charge in [-0.15, -0.1) is 0 Å². The van der Waals surface area contributed by atoms with Crippen molar-refractivity contribution in [1.29, 1.82) is 0 Å². The molecule has 0 aliphatic rings. The average Bonchev–Trinajstić information content (AvgIpc) is 2.48. The average molecular weight is 288 g/mol. The Bertz CT molecular complexity index is 712. The number of fused-ring (bicyclic) bond motifs is 1. The van der Waals surface area contributed by atoms with Gasteiger partial charge in [-0.25, -0.2) is 4.79 Å². The molecule has 0 bridgehead atoms. The topological polar surface area (TPSA) is 79.7 Å². The number of amides is 1. The lowest BCUT2D eigenvalue weighted by molar-refractivity contribution is 0.112. The second-order valence-corrected chi connectivity index (χ2v) is 4.51. The molecule has 2 aromatic rings. The summed E-state index contributed by atoms with van der Waals surface area (Å²) in [6, 6.07) is 3.43. The van der Waals surface area contributed by atoms with Crippen LogP contribution in [-0.2, 0) is 4.74 Å². The molecule has 0 atom stereocenters. The van der Waals surface area contributed by atoms with Crippen LogP contribution in [-0.4, -0.2) is 36.1 Å². The molecular weight excluding hydrogens is 272 g/mol. The van der Waals surface area contributed by atoms with Crippen LogP contribution in [0.25, 0.3) is 10.9 Å². The van der Waals surface area contributed by atoms with E-state index in [2.05, 4.69) is 4.98 Å². The van der Waals surface area contributed by atoms with Crippen LogP contribution in [0.5, 0.6) is 5.75 Å². The number of anilines is 1. The van der Waals surface area contributed by atoms with Crippen molar-refractivity contribution in [2.24, 2.45) is 0 Å². The Kier molecular flexibility index (Phi) is 4.07. The molecule has 1 heterocycles. The Hall–Kier alpha value is -2.63. The number of aromatic nitrogens is 1. The van der Waals surface area contributed by atoms with Gasteiger partial charge in [0, 0.05) is 18.6 Å². The van der Waals surface area contributed by atoms with Gasteiger partial charge < -0.3 is 9.84 Å². The van der Waals surface area contributed by atoms with E-state index in [-0.39, 0.29) is 23.4 Å². The first kappa shape index (κ1) is 14.8. The van der Waals surface area contributed by atoms with Gasteiger partial charge in [-0.2, -0.15) is 0 Å². The van der Waals surface area contributed by atoms with Crippen LogP contribution < -0.4 is 4.90 Å². The number of aromatic hydroxyl groups is 1. The zero-order valence-corrected chi connectivity index (χ0v) is 12.1. The van der Waals surface area contributed by atoms with E-state index in [0.717, 1.165) is 0 Å². The molecule has 0 unspecified atom stereocenters. The minimum atomic E-state index is -0.534. The molecule has 0 saturated carbocycles. The fourth-order valence-electron chi connectivity index (χ4n) is 2.31. The Morgan fingerprint density at radius 1 is 1.52 bits per heavy atom. The quantitative estimate of drug-likeness (QED) is 0.878. The van der Waals surface area contributed by atoms with Gasteiger partial charge in [-0.1, -0.05) is 0 Å². The number of aldehydes is 1. The Morgan fingerprint density at radius 2 is 2.24 bits per heavy atom. The number of hydrogen-bond donors (Lipinski definition) is 1. The molecule has 1 amide bonds. The fourth-order valence-corrected chi connectivity index (χ4v) is 2.31. The number of phenolic OH excluding ortho intramolecular Hbond substituents is 1. The molecule has 0 saturated heterocycles. The van der Waals surface area contributed by atoms with E-state index in [1.54, 1.807) is 33.0 Å². The first-order valence-corrected chi connectivity index (χ1v) is 6.48. The summed E-state index contributed by atoms with van der Waals surface area (Å²) >= 11 is 0. The fraction of sp³-hybridized carbons (Fsp3) is 0.267. The molecule has 21 heavy (non-hydrogen) atoms. The van der Waals surface area contributed by atoms with Crippen molar-refractivity contribution in [3.63, 3.8) is 0 Å². The lowest BCUT2D eigenvalue weighted by Gasteiger charge is -2.22. The van der Waals surface area contributed by atoms with Crippen molar-refractivity contribution in [3.8, 4) is 5.75 Å². The number of carbonyl (C=O) groups is 2. The van der Waals surface area contributed by atoms with Crippen molar-refractivity contribution >= 4 is 29.0 Å². The van der Waals surface area contributed by atoms with Gasteiger partial charge in [0.15, 0.2) is 12.0 Å². The van der Waals surface area contributed by atoms with E-state index in [1.165, 1.54) is 11.1 Å². The van der Waals surface area contributed by atoms with Crippen molar-refractivity contribution in [3.05, 3.63) is 29.5 Å². The van der Waals surface area contributed by atoms with Crippen LogP contribution in [0.4, 0.5) is 10.5 Å². The van der Waals surface area contributed by atoms with E-state index in [4.69, 9.17) is 4.74 Å². The number of phenols is 1. The summed E-state index contributed by atoms with van der Waals surface area (Å²) < 4.78 is 4.98. The lowest BCUT2D eigenvalue weighted by atomic mass is 10.0. The van der Waals surface area contributed by atoms with Gasteiger partial charge in [0.05, 0.1) is 17.9 Å². The molecule has 0 fully saturated rings. The molecule has 6 heteroatoms. The Labute approximate surface area is 122 Å². The van der Waals surface area contributed by atoms with E-state index in [0.29, 0.717) is 22.9 Å². The van der Waals surface area contributed by atoms with Gasteiger partial charge in [-0.05, 0) is 31.5 Å². The molecule has 0 aliphatic heterocycles. The smallest absolute Gasteiger partial charge is 0.414 e. The van der Waals surface area contributed by atoms with Gasteiger partial charge >= 0.3 is 6.09 Å². The van der Waals surface area contributed by atoms with Gasteiger partial charge in [-0.3, -0.25) is 14.7 Å². The zero-order valence-electron chi connectivity index (χ0n) is 12.1. The molecule has 1 aromatic heterocycles. The maximum atomic E-state index is 12.0. The van der Waals surface area contributed by atoms with Crippen molar-refractivity contribution < 1.29 is 19.4 Å². The highest BCUT2D eigenvalue weighted by molar-refractivity contribution is 6.07. The van der Waals surface area contributed by atoms with Crippen LogP contribution in [0.2, 0.25) is 0 Å². The third-order valence-corrected chi connectivity index (χ3v) is 3.30. The lowest BCUT2D eigenvalue weighted by Crippen LogP contribution is -2.28. The number of ether oxygens (including phenoxy) is 1. The predicted octanol–water partition coefficient (Wildman–Crippen LogP) is 2.65. The first-order chi connectivity index (χ1) is 10.0. The minimum Gasteiger partial charge on any atom is -0.505 e. The maximum absolute atomic E-state index is 12.0. The maximum Gasteiger partial charge on any atom is 0.414 e. The molecule has 0 spiro atoms. The summed E-state index contributed by atoms with van der Waals surface area (Å²) in [7, 11) is 1.55. The zero-order chi connectivity index (χ0) is 15.6. The summed E-state index contributed by atoms with van der Waals surface area (Å²) in [4.78, 5) is 28.6. The Balaban J connectivity index is 2.78. The number of rotatable bonds is 3. The van der Waals surface area contributed by atoms with E-state index in [1.807, 2.05) is 0 Å². The van der Waals surface area contributed by atoms with Gasteiger partial charge in [0.2, 0.25) is 0 Å². The molecule has 0 aliphatic carbocycles. The van der Waals surface area contributed by atoms with Crippen molar-refractivity contribution in [2.45, 2.75) is 13.8 Å². The first-order valence-electron chi connectivity index (χ1n) is 6.48. The summed E-state index contributed by atoms with van der Waals surface area (Å²) in [5.41, 5.74) is 1.39. The molecular formula is C15H16N2O4. The second-order valence-electron chi connectivity index (χ2n) is 4.51. The summed E-state index contributed by atoms with van der Waals surface area (Å²) in [6.07, 6.45) is 1.54. The van der Waals surface area contributed by atoms with Crippen LogP contribution in [0.1, 0.15) is 22.8 Å². The van der Waals surface area contributed by atoms with Crippen LogP contribution in [0.3, 0.4) is 0 Å². The van der Waals surface area contributed by atoms with Gasteiger partial charge in [0.1, 0.15) is 5.52 Å². The monoisotopic (exact) mass is 288 g/mol. The normalized spacial score (nSPS) is 10.4. The molecule has 6 nitrogen and oxygen atoms in total. The van der Waals surface area contributed by atoms with Crippen LogP contribution >= 0.6 is 0 Å². The highest BCUT2D eigenvalue weighted by Crippen LogP contribution is 2.38. The van der Waals surface area contributed by atoms with Crippen LogP contribution in [0.15, 0.2) is 18.3 Å². The predicted molar refractivity (Wildman–Crippen MR) is 79.0 cm³/mol. The minimum absolute atomic E-state index is 0.118. The second kappa shape index (κ2) is 5.78. The van der Waals surface area contributed by atoms with E-state index >= 15 is 0 Å². The highest BCUT2D eigenvalue weighted by Gasteiger charge is 2.22. The SMILES string of the molecule is CCOC(=O)N(C)c1c(C)c(C=O)c(O)c2ncccc12. The van der Waals surface area contributed by atoms with Crippen molar-refractivity contribution in [2.75, 3.05) is 18.6 Å². The third-order valence-electron chi connectivity index (χ3n) is 3.30. The third kappa shape index (κ3) is 2.40. The highest BCUT2D eigenvalue weighted by atomic mass is 16.6. The van der Waals surface area contributed by atoms with Crippen molar-refractivity contribution in [1.82, 2.24) is 4.98 Å². The van der Waals surface area contributed by atoms with Gasteiger partial charge in [0.25, 0.3) is 0 Å². The molecule has 110 valence electrons. The number of nitrogens with zero attached hydrogens (tertiary/aromatic N) is 2. The molecule has 0 radical (unpaired) electrons. The number of benzene rings is 1. The summed E-state index contributed by atoms with van der Waals surface area (Å²) in [6.45, 7) is 3.63. The number of hydrogen-bond acceptors (Lipinski definition) is 5. The molecule has 1 N–H and O–H groups in total. The summed E-state index contributed by atoms with van der Waals surface area (Å²) in [5.74, 6) is -0.181. The van der Waals surface area contributed by atoms with Crippen LogP contribution in [0, 0.1) is 6.92 Å². The summed E-state index contributed by atoms with van der Waals surface area (Å²) in [5, 5.41) is 10.7. The molecule has 2 rings (SSSR count). The number of pyridine rings is 1.